The first-order valence-corrected chi connectivity index (χ1v) is 19.6. The van der Waals surface area contributed by atoms with Crippen LogP contribution in [0.3, 0.4) is 0 Å². The molecule has 0 radical (unpaired) electrons. The number of hydrogen-bond acceptors (Lipinski definition) is 6. The second-order valence-corrected chi connectivity index (χ2v) is 13.6. The number of unbranched alkanes of at least 4 members (excludes halogenated alkanes) is 23. The van der Waals surface area contributed by atoms with Crippen molar-refractivity contribution in [3.8, 4) is 0 Å². The van der Waals surface area contributed by atoms with Gasteiger partial charge in [0.1, 0.15) is 6.04 Å². The number of aliphatic carboxylic acids is 1. The first kappa shape index (κ1) is 44.6. The lowest BCUT2D eigenvalue weighted by Crippen LogP contribution is -2.29. The summed E-state index contributed by atoms with van der Waals surface area (Å²) in [5.74, 6) is -0.933. The van der Waals surface area contributed by atoms with Gasteiger partial charge in [0, 0.05) is 0 Å². The molecule has 0 aliphatic rings. The normalized spacial score (nSPS) is 12.2. The fourth-order valence-corrected chi connectivity index (χ4v) is 5.71. The first-order chi connectivity index (χ1) is 20.8. The van der Waals surface area contributed by atoms with E-state index < -0.39 is 19.8 Å². The van der Waals surface area contributed by atoms with E-state index in [1.165, 1.54) is 128 Å². The summed E-state index contributed by atoms with van der Waals surface area (Å²) in [7, 11) is -3.86. The van der Waals surface area contributed by atoms with Crippen LogP contribution in [0.25, 0.3) is 0 Å². The molecule has 0 saturated carbocycles. The Bertz CT molecular complexity index is 577. The summed E-state index contributed by atoms with van der Waals surface area (Å²) in [6, 6.07) is -0.716. The summed E-state index contributed by atoms with van der Waals surface area (Å²) in [6.07, 6.45) is 32.7. The molecule has 1 unspecified atom stereocenters. The predicted molar refractivity (Wildman–Crippen MR) is 182 cm³/mol. The molecule has 1 atom stereocenters. The fraction of sp³-hybridized carbons (Fsp3) is 0.971. The third kappa shape index (κ3) is 39.5. The molecule has 260 valence electrons. The van der Waals surface area contributed by atoms with E-state index in [4.69, 9.17) is 25.6 Å². The number of nitrogens with two attached hydrogens (primary N) is 2. The van der Waals surface area contributed by atoms with Crippen molar-refractivity contribution in [1.82, 2.24) is 0 Å². The molecule has 0 fully saturated rings. The third-order valence-electron chi connectivity index (χ3n) is 7.79. The topological polar surface area (TPSA) is 145 Å². The Morgan fingerprint density at radius 2 is 0.884 bits per heavy atom. The zero-order valence-corrected chi connectivity index (χ0v) is 29.3. The number of rotatable bonds is 33. The van der Waals surface area contributed by atoms with Crippen LogP contribution in [0.5, 0.6) is 0 Å². The zero-order valence-electron chi connectivity index (χ0n) is 28.4. The zero-order chi connectivity index (χ0) is 32.3. The van der Waals surface area contributed by atoms with Gasteiger partial charge in [-0.25, -0.2) is 4.57 Å². The molecule has 0 aromatic rings. The molecule has 8 nitrogen and oxygen atoms in total. The molecule has 6 N–H and O–H groups in total. The van der Waals surface area contributed by atoms with Gasteiger partial charge in [0.05, 0.1) is 13.2 Å². The molecule has 9 heteroatoms. The lowest BCUT2D eigenvalue weighted by atomic mass is 10.1. The minimum absolute atomic E-state index is 0.323. The van der Waals surface area contributed by atoms with Gasteiger partial charge in [-0.2, -0.15) is 0 Å². The average Bonchev–Trinajstić information content (AvgIpc) is 2.98. The van der Waals surface area contributed by atoms with Gasteiger partial charge >= 0.3 is 13.8 Å². The van der Waals surface area contributed by atoms with Crippen LogP contribution >= 0.6 is 7.82 Å². The van der Waals surface area contributed by atoms with Crippen molar-refractivity contribution >= 4 is 13.8 Å². The summed E-state index contributed by atoms with van der Waals surface area (Å²) < 4.78 is 22.2. The maximum Gasteiger partial charge on any atom is 0.472 e. The van der Waals surface area contributed by atoms with E-state index in [0.29, 0.717) is 26.2 Å². The SMILES string of the molecule is CCCCCCCCCCCCCCOP(=O)(O)OCCCCCCCCCCCCCC.NCCCCC(N)C(=O)O. The molecule has 0 aromatic carbocycles. The van der Waals surface area contributed by atoms with Crippen molar-refractivity contribution in [2.45, 2.75) is 193 Å². The molecular weight excluding hydrogens is 563 g/mol. The van der Waals surface area contributed by atoms with E-state index >= 15 is 0 Å². The van der Waals surface area contributed by atoms with E-state index in [-0.39, 0.29) is 0 Å². The summed E-state index contributed by atoms with van der Waals surface area (Å²) in [5.41, 5.74) is 10.4. The van der Waals surface area contributed by atoms with Gasteiger partial charge in [0.25, 0.3) is 0 Å². The monoisotopic (exact) mass is 637 g/mol. The average molecular weight is 637 g/mol. The van der Waals surface area contributed by atoms with Crippen LogP contribution in [0, 0.1) is 0 Å². The smallest absolute Gasteiger partial charge is 0.472 e. The van der Waals surface area contributed by atoms with Gasteiger partial charge in [-0.15, -0.1) is 0 Å². The Labute approximate surface area is 266 Å². The molecule has 0 heterocycles. The van der Waals surface area contributed by atoms with Crippen molar-refractivity contribution in [2.24, 2.45) is 11.5 Å². The summed E-state index contributed by atoms with van der Waals surface area (Å²) in [6.45, 7) is 5.77. The highest BCUT2D eigenvalue weighted by Gasteiger charge is 2.19. The summed E-state index contributed by atoms with van der Waals surface area (Å²) in [5, 5.41) is 8.33. The van der Waals surface area contributed by atoms with Gasteiger partial charge in [-0.3, -0.25) is 13.8 Å². The van der Waals surface area contributed by atoms with Crippen LogP contribution in [0.2, 0.25) is 0 Å². The Balaban J connectivity index is 0. The third-order valence-corrected chi connectivity index (χ3v) is 8.81. The van der Waals surface area contributed by atoms with E-state index in [1.54, 1.807) is 0 Å². The molecule has 0 rings (SSSR count). The molecule has 0 spiro atoms. The van der Waals surface area contributed by atoms with Crippen molar-refractivity contribution in [1.29, 1.82) is 0 Å². The molecular formula is C34H73N2O6P. The summed E-state index contributed by atoms with van der Waals surface area (Å²) in [4.78, 5) is 19.9. The maximum absolute atomic E-state index is 11.9. The number of hydrogen-bond donors (Lipinski definition) is 4. The van der Waals surface area contributed by atoms with Crippen LogP contribution in [-0.4, -0.2) is 41.8 Å². The van der Waals surface area contributed by atoms with Gasteiger partial charge < -0.3 is 21.5 Å². The number of carbonyl (C=O) groups is 1. The van der Waals surface area contributed by atoms with Crippen LogP contribution in [0.4, 0.5) is 0 Å². The van der Waals surface area contributed by atoms with Gasteiger partial charge in [0.15, 0.2) is 0 Å². The highest BCUT2D eigenvalue weighted by Crippen LogP contribution is 2.43. The Morgan fingerprint density at radius 1 is 0.581 bits per heavy atom. The minimum Gasteiger partial charge on any atom is -0.480 e. The Kier molecular flexibility index (Phi) is 37.3. The quantitative estimate of drug-likeness (QED) is 0.0411. The minimum atomic E-state index is -3.86. The van der Waals surface area contributed by atoms with Crippen molar-refractivity contribution in [2.75, 3.05) is 19.8 Å². The van der Waals surface area contributed by atoms with Gasteiger partial charge in [0.2, 0.25) is 0 Å². The standard InChI is InChI=1S/C28H59O4P.C6H14N2O2/c1-3-5-7-9-11-13-15-17-19-21-23-25-27-31-33(29,30)32-28-26-24-22-20-18-16-14-12-10-8-6-4-2;7-4-2-1-3-5(8)6(9)10/h3-28H2,1-2H3,(H,29,30);5H,1-4,7-8H2,(H,9,10). The molecule has 0 aromatic heterocycles. The highest BCUT2D eigenvalue weighted by molar-refractivity contribution is 7.47. The second-order valence-electron chi connectivity index (χ2n) is 12.1. The second kappa shape index (κ2) is 36.0. The van der Waals surface area contributed by atoms with Gasteiger partial charge in [-0.1, -0.05) is 162 Å². The van der Waals surface area contributed by atoms with Crippen LogP contribution in [-0.2, 0) is 18.4 Å². The lowest BCUT2D eigenvalue weighted by Gasteiger charge is -2.12. The number of carboxylic acid groups (broad SMARTS) is 1. The lowest BCUT2D eigenvalue weighted by molar-refractivity contribution is -0.138. The largest absolute Gasteiger partial charge is 0.480 e. The molecule has 0 saturated heterocycles. The van der Waals surface area contributed by atoms with E-state index in [2.05, 4.69) is 13.8 Å². The Morgan fingerprint density at radius 3 is 1.16 bits per heavy atom. The van der Waals surface area contributed by atoms with E-state index in [0.717, 1.165) is 38.5 Å². The molecule has 0 bridgehead atoms. The predicted octanol–water partition coefficient (Wildman–Crippen LogP) is 10.0. The number of carboxylic acids is 1. The number of phosphoric ester groups is 1. The summed E-state index contributed by atoms with van der Waals surface area (Å²) >= 11 is 0. The van der Waals surface area contributed by atoms with Crippen LogP contribution in [0.15, 0.2) is 0 Å². The van der Waals surface area contributed by atoms with Crippen LogP contribution in [0.1, 0.15) is 187 Å². The molecule has 0 amide bonds. The molecule has 0 aliphatic heterocycles. The maximum atomic E-state index is 11.9. The van der Waals surface area contributed by atoms with Crippen molar-refractivity contribution < 1.29 is 28.4 Å². The van der Waals surface area contributed by atoms with Crippen molar-refractivity contribution in [3.63, 3.8) is 0 Å². The first-order valence-electron chi connectivity index (χ1n) is 18.1. The fourth-order valence-electron chi connectivity index (χ4n) is 4.92. The van der Waals surface area contributed by atoms with Gasteiger partial charge in [-0.05, 0) is 32.2 Å². The highest BCUT2D eigenvalue weighted by atomic mass is 31.2. The number of phosphoric acid groups is 1. The Hall–Kier alpha value is -0.500. The van der Waals surface area contributed by atoms with Crippen molar-refractivity contribution in [3.05, 3.63) is 0 Å². The van der Waals surface area contributed by atoms with Crippen LogP contribution < -0.4 is 11.5 Å². The van der Waals surface area contributed by atoms with E-state index in [1.807, 2.05) is 0 Å². The van der Waals surface area contributed by atoms with E-state index in [9.17, 15) is 14.3 Å². The molecule has 0 aliphatic carbocycles. The molecule has 43 heavy (non-hydrogen) atoms.